The van der Waals surface area contributed by atoms with Gasteiger partial charge >= 0.3 is 6.03 Å². The van der Waals surface area contributed by atoms with Gasteiger partial charge in [0.05, 0.1) is 16.6 Å². The molecule has 1 heterocycles. The van der Waals surface area contributed by atoms with Crippen molar-refractivity contribution in [2.24, 2.45) is 7.05 Å². The van der Waals surface area contributed by atoms with Crippen molar-refractivity contribution in [2.45, 2.75) is 31.2 Å². The molecule has 130 valence electrons. The molecule has 24 heavy (non-hydrogen) atoms. The average molecular weight is 350 g/mol. The van der Waals surface area contributed by atoms with Crippen molar-refractivity contribution in [1.29, 1.82) is 0 Å². The molecular weight excluding hydrogens is 328 g/mol. The second-order valence-corrected chi connectivity index (χ2v) is 7.70. The third kappa shape index (κ3) is 4.14. The molecule has 0 fully saturated rings. The molecule has 2 N–H and O–H groups in total. The zero-order valence-electron chi connectivity index (χ0n) is 14.2. The minimum absolute atomic E-state index is 0.169. The Morgan fingerprint density at radius 3 is 2.58 bits per heavy atom. The van der Waals surface area contributed by atoms with E-state index in [9.17, 15) is 13.2 Å². The summed E-state index contributed by atoms with van der Waals surface area (Å²) in [5.74, 6) is 0. The number of benzene rings is 1. The first-order valence-electron chi connectivity index (χ1n) is 7.58. The van der Waals surface area contributed by atoms with E-state index >= 15 is 0 Å². The van der Waals surface area contributed by atoms with Crippen LogP contribution in [-0.2, 0) is 16.9 Å². The van der Waals surface area contributed by atoms with Gasteiger partial charge in [-0.3, -0.25) is 4.68 Å². The summed E-state index contributed by atoms with van der Waals surface area (Å²) >= 11 is 0. The van der Waals surface area contributed by atoms with Crippen LogP contribution in [0.4, 0.5) is 10.5 Å². The van der Waals surface area contributed by atoms with Crippen LogP contribution in [0.25, 0.3) is 0 Å². The smallest absolute Gasteiger partial charge is 0.319 e. The van der Waals surface area contributed by atoms with E-state index < -0.39 is 15.9 Å². The van der Waals surface area contributed by atoms with Crippen LogP contribution in [0, 0.1) is 6.92 Å². The summed E-state index contributed by atoms with van der Waals surface area (Å²) in [4.78, 5) is 12.5. The Labute approximate surface area is 142 Å². The Morgan fingerprint density at radius 2 is 2.04 bits per heavy atom. The molecule has 2 amide bonds. The predicted octanol–water partition coefficient (Wildman–Crippen LogP) is 2.40. The lowest BCUT2D eigenvalue weighted by Gasteiger charge is -2.18. The lowest BCUT2D eigenvalue weighted by atomic mass is 10.1. The molecule has 2 aromatic rings. The predicted molar refractivity (Wildman–Crippen MR) is 92.7 cm³/mol. The van der Waals surface area contributed by atoms with Gasteiger partial charge in [0.1, 0.15) is 0 Å². The Morgan fingerprint density at radius 1 is 1.33 bits per heavy atom. The number of rotatable bonds is 5. The van der Waals surface area contributed by atoms with Crippen LogP contribution in [0.15, 0.2) is 35.4 Å². The summed E-state index contributed by atoms with van der Waals surface area (Å²) < 4.78 is 25.0. The van der Waals surface area contributed by atoms with Gasteiger partial charge < -0.3 is 10.6 Å². The van der Waals surface area contributed by atoms with Crippen LogP contribution in [0.5, 0.6) is 0 Å². The summed E-state index contributed by atoms with van der Waals surface area (Å²) in [5.41, 5.74) is 2.15. The Balaban J connectivity index is 2.16. The summed E-state index contributed by atoms with van der Waals surface area (Å²) in [5, 5.41) is 9.72. The number of nitrogens with one attached hydrogen (secondary N) is 2. The molecule has 1 atom stereocenters. The highest BCUT2D eigenvalue weighted by Gasteiger charge is 2.17. The minimum Gasteiger partial charge on any atom is -0.330 e. The molecular formula is C16H22N4O3S. The normalized spacial score (nSPS) is 12.7. The molecule has 1 aromatic carbocycles. The fraction of sp³-hybridized carbons (Fsp3) is 0.375. The SMILES string of the molecule is CCC(NC(=O)Nc1cc(S(C)(=O)=O)ccc1C)c1ccnn1C. The van der Waals surface area contributed by atoms with E-state index in [1.54, 1.807) is 23.9 Å². The van der Waals surface area contributed by atoms with Gasteiger partial charge in [0.25, 0.3) is 0 Å². The first-order valence-corrected chi connectivity index (χ1v) is 9.47. The summed E-state index contributed by atoms with van der Waals surface area (Å²) in [7, 11) is -1.51. The maximum absolute atomic E-state index is 12.3. The quantitative estimate of drug-likeness (QED) is 0.866. The number of amides is 2. The Hall–Kier alpha value is -2.35. The number of aromatic nitrogens is 2. The maximum Gasteiger partial charge on any atom is 0.319 e. The number of aryl methyl sites for hydroxylation is 2. The van der Waals surface area contributed by atoms with E-state index in [0.29, 0.717) is 12.1 Å². The lowest BCUT2D eigenvalue weighted by molar-refractivity contribution is 0.247. The molecule has 0 saturated heterocycles. The number of anilines is 1. The zero-order chi connectivity index (χ0) is 17.9. The minimum atomic E-state index is -3.33. The van der Waals surface area contributed by atoms with Gasteiger partial charge in [0, 0.05) is 25.2 Å². The molecule has 0 saturated carbocycles. The Kier molecular flexibility index (Phi) is 5.28. The van der Waals surface area contributed by atoms with Gasteiger partial charge in [-0.25, -0.2) is 13.2 Å². The molecule has 0 aliphatic carbocycles. The lowest BCUT2D eigenvalue weighted by Crippen LogP contribution is -2.33. The second kappa shape index (κ2) is 7.04. The van der Waals surface area contributed by atoms with Crippen LogP contribution in [0.3, 0.4) is 0 Å². The standard InChI is InChI=1S/C16H22N4O3S/c1-5-13(15-8-9-17-20(15)3)18-16(21)19-14-10-12(24(4,22)23)7-6-11(14)2/h6-10,13H,5H2,1-4H3,(H2,18,19,21). The van der Waals surface area contributed by atoms with E-state index in [-0.39, 0.29) is 10.9 Å². The van der Waals surface area contributed by atoms with Gasteiger partial charge in [0.2, 0.25) is 0 Å². The van der Waals surface area contributed by atoms with Crippen LogP contribution >= 0.6 is 0 Å². The third-order valence-electron chi connectivity index (χ3n) is 3.81. The molecule has 0 aliphatic heterocycles. The van der Waals surface area contributed by atoms with Crippen molar-refractivity contribution < 1.29 is 13.2 Å². The van der Waals surface area contributed by atoms with Crippen molar-refractivity contribution in [3.8, 4) is 0 Å². The van der Waals surface area contributed by atoms with Gasteiger partial charge in [-0.2, -0.15) is 5.10 Å². The van der Waals surface area contributed by atoms with Crippen LogP contribution in [0.1, 0.15) is 30.6 Å². The van der Waals surface area contributed by atoms with E-state index in [2.05, 4.69) is 15.7 Å². The number of hydrogen-bond donors (Lipinski definition) is 2. The van der Waals surface area contributed by atoms with Gasteiger partial charge in [-0.15, -0.1) is 0 Å². The zero-order valence-corrected chi connectivity index (χ0v) is 15.0. The van der Waals surface area contributed by atoms with Crippen molar-refractivity contribution in [2.75, 3.05) is 11.6 Å². The van der Waals surface area contributed by atoms with Gasteiger partial charge in [-0.1, -0.05) is 13.0 Å². The van der Waals surface area contributed by atoms with E-state index in [4.69, 9.17) is 0 Å². The molecule has 0 aliphatic rings. The molecule has 2 rings (SSSR count). The van der Waals surface area contributed by atoms with E-state index in [1.165, 1.54) is 12.1 Å². The molecule has 0 radical (unpaired) electrons. The van der Waals surface area contributed by atoms with Crippen LogP contribution in [-0.4, -0.2) is 30.5 Å². The number of urea groups is 1. The summed E-state index contributed by atoms with van der Waals surface area (Å²) in [6.45, 7) is 3.77. The fourth-order valence-corrected chi connectivity index (χ4v) is 3.04. The first-order chi connectivity index (χ1) is 11.2. The Bertz CT molecular complexity index is 843. The summed E-state index contributed by atoms with van der Waals surface area (Å²) in [6.07, 6.45) is 3.52. The van der Waals surface area contributed by atoms with Crippen molar-refractivity contribution >= 4 is 21.6 Å². The molecule has 7 nitrogen and oxygen atoms in total. The van der Waals surface area contributed by atoms with Gasteiger partial charge in [-0.05, 0) is 37.1 Å². The number of sulfone groups is 1. The van der Waals surface area contributed by atoms with Crippen molar-refractivity contribution in [3.63, 3.8) is 0 Å². The molecule has 8 heteroatoms. The highest BCUT2D eigenvalue weighted by atomic mass is 32.2. The average Bonchev–Trinajstić information content (AvgIpc) is 2.92. The second-order valence-electron chi connectivity index (χ2n) is 5.69. The highest BCUT2D eigenvalue weighted by molar-refractivity contribution is 7.90. The summed E-state index contributed by atoms with van der Waals surface area (Å²) in [6, 6.07) is 5.94. The topological polar surface area (TPSA) is 93.1 Å². The fourth-order valence-electron chi connectivity index (χ4n) is 2.39. The first kappa shape index (κ1) is 18.0. The van der Waals surface area contributed by atoms with E-state index in [1.807, 2.05) is 20.0 Å². The number of carbonyl (C=O) groups is 1. The number of carbonyl (C=O) groups excluding carboxylic acids is 1. The molecule has 1 aromatic heterocycles. The highest BCUT2D eigenvalue weighted by Crippen LogP contribution is 2.21. The molecule has 0 bridgehead atoms. The van der Waals surface area contributed by atoms with Gasteiger partial charge in [0.15, 0.2) is 9.84 Å². The number of hydrogen-bond acceptors (Lipinski definition) is 4. The van der Waals surface area contributed by atoms with Crippen LogP contribution in [0.2, 0.25) is 0 Å². The van der Waals surface area contributed by atoms with Crippen molar-refractivity contribution in [1.82, 2.24) is 15.1 Å². The maximum atomic E-state index is 12.3. The van der Waals surface area contributed by atoms with Crippen LogP contribution < -0.4 is 10.6 Å². The number of nitrogens with zero attached hydrogens (tertiary/aromatic N) is 2. The van der Waals surface area contributed by atoms with E-state index in [0.717, 1.165) is 17.5 Å². The molecule has 1 unspecified atom stereocenters. The third-order valence-corrected chi connectivity index (χ3v) is 4.93. The van der Waals surface area contributed by atoms with Crippen molar-refractivity contribution in [3.05, 3.63) is 41.7 Å². The monoisotopic (exact) mass is 350 g/mol. The molecule has 0 spiro atoms. The largest absolute Gasteiger partial charge is 0.330 e.